The van der Waals surface area contributed by atoms with Gasteiger partial charge in [0.2, 0.25) is 0 Å². The van der Waals surface area contributed by atoms with Crippen molar-refractivity contribution >= 4 is 65.6 Å². The molecule has 0 amide bonds. The Balaban J connectivity index is 8.61. The Morgan fingerprint density at radius 3 is 0.727 bits per heavy atom. The van der Waals surface area contributed by atoms with Gasteiger partial charge in [-0.2, -0.15) is 11.1 Å². The lowest BCUT2D eigenvalue weighted by atomic mass is 10.2. The minimum atomic E-state index is -2.37. The third-order valence-electron chi connectivity index (χ3n) is 12.1. The maximum atomic E-state index is 9.01. The van der Waals surface area contributed by atoms with Crippen molar-refractivity contribution < 1.29 is 0 Å². The number of hydrogen-bond acceptors (Lipinski definition) is 0. The average Bonchev–Trinajstić information content (AvgIpc) is 2.50. The van der Waals surface area contributed by atoms with Gasteiger partial charge in [-0.1, -0.05) is 135 Å². The maximum Gasteiger partial charge on any atom is 0.129 e. The van der Waals surface area contributed by atoms with E-state index in [-0.39, 0.29) is 10.1 Å². The van der Waals surface area contributed by atoms with E-state index in [1.54, 1.807) is 0 Å². The summed E-state index contributed by atoms with van der Waals surface area (Å²) in [5.41, 5.74) is 0.898. The first-order valence-corrected chi connectivity index (χ1v) is 35.8. The highest BCUT2D eigenvalue weighted by atomic mass is 35.6. The van der Waals surface area contributed by atoms with Gasteiger partial charge in [-0.05, 0) is 20.2 Å². The van der Waals surface area contributed by atoms with Crippen LogP contribution in [0.25, 0.3) is 0 Å². The lowest BCUT2D eigenvalue weighted by Gasteiger charge is -2.73. The van der Waals surface area contributed by atoms with Crippen LogP contribution in [0, 0.1) is 0 Å². The van der Waals surface area contributed by atoms with Crippen molar-refractivity contribution in [3.05, 3.63) is 0 Å². The summed E-state index contributed by atoms with van der Waals surface area (Å²) in [6.45, 7) is 50.2. The topological polar surface area (TPSA) is 0 Å². The summed E-state index contributed by atoms with van der Waals surface area (Å²) < 4.78 is 0. The van der Waals surface area contributed by atoms with E-state index < -0.39 is 42.9 Å². The molecule has 0 aliphatic heterocycles. The van der Waals surface area contributed by atoms with Crippen molar-refractivity contribution in [2.45, 2.75) is 156 Å². The van der Waals surface area contributed by atoms with E-state index in [0.717, 1.165) is 5.50 Å². The molecule has 0 fully saturated rings. The van der Waals surface area contributed by atoms with Gasteiger partial charge in [0.1, 0.15) is 5.94 Å². The third kappa shape index (κ3) is 4.67. The van der Waals surface area contributed by atoms with Gasteiger partial charge in [0.25, 0.3) is 0 Å². The second-order valence-corrected chi connectivity index (χ2v) is 83.4. The molecule has 0 aliphatic rings. The van der Waals surface area contributed by atoms with Gasteiger partial charge in [0, 0.05) is 20.7 Å². The van der Waals surface area contributed by atoms with Crippen LogP contribution in [-0.2, 0) is 0 Å². The van der Waals surface area contributed by atoms with Crippen molar-refractivity contribution in [2.75, 3.05) is 5.50 Å². The molecule has 0 heterocycles. The molecule has 200 valence electrons. The van der Waals surface area contributed by atoms with Crippen LogP contribution in [0.3, 0.4) is 0 Å². The molecule has 0 saturated heterocycles. The molecule has 0 aliphatic carbocycles. The molecule has 8 heteroatoms. The second-order valence-electron chi connectivity index (χ2n) is 17.2. The fourth-order valence-electron chi connectivity index (χ4n) is 6.23. The van der Waals surface area contributed by atoms with Crippen LogP contribution in [-0.4, -0.2) is 48.4 Å². The van der Waals surface area contributed by atoms with Crippen LogP contribution >= 0.6 is 22.7 Å². The Morgan fingerprint density at radius 1 is 0.424 bits per heavy atom. The van der Waals surface area contributed by atoms with Gasteiger partial charge < -0.3 is 0 Å². The molecule has 0 saturated carbocycles. The first-order valence-electron chi connectivity index (χ1n) is 13.1. The van der Waals surface area contributed by atoms with Crippen molar-refractivity contribution in [3.8, 4) is 0 Å². The summed E-state index contributed by atoms with van der Waals surface area (Å²) in [4.78, 5) is 0. The summed E-state index contributed by atoms with van der Waals surface area (Å²) in [6, 6.07) is 0. The van der Waals surface area contributed by atoms with E-state index in [4.69, 9.17) is 22.7 Å². The van der Waals surface area contributed by atoms with Crippen molar-refractivity contribution in [1.82, 2.24) is 0 Å². The zero-order valence-electron chi connectivity index (χ0n) is 26.5. The molecule has 0 aromatic carbocycles. The van der Waals surface area contributed by atoms with E-state index in [1.807, 2.05) is 0 Å². The molecule has 0 radical (unpaired) electrons. The zero-order chi connectivity index (χ0) is 27.7. The molecule has 0 atom stereocenters. The monoisotopic (exact) mass is 600 g/mol. The minimum absolute atomic E-state index is 0.269. The lowest BCUT2D eigenvalue weighted by Crippen LogP contribution is -3.00. The second kappa shape index (κ2) is 9.26. The van der Waals surface area contributed by atoms with Gasteiger partial charge in [-0.15, -0.1) is 11.6 Å². The molecule has 0 N–H and O–H groups in total. The molecular weight excluding hydrogens is 540 g/mol. The molecule has 0 aromatic heterocycles. The highest BCUT2D eigenvalue weighted by molar-refractivity contribution is 8.17. The van der Waals surface area contributed by atoms with Crippen LogP contribution in [0.4, 0.5) is 0 Å². The summed E-state index contributed by atoms with van der Waals surface area (Å²) in [5.74, 6) is -2.37. The highest BCUT2D eigenvalue weighted by Gasteiger charge is 2.82. The van der Waals surface area contributed by atoms with E-state index in [0.29, 0.717) is 10.1 Å². The largest absolute Gasteiger partial charge is 0.178 e. The molecule has 0 aromatic rings. The molecule has 0 spiro atoms. The van der Waals surface area contributed by atoms with Gasteiger partial charge in [-0.25, -0.2) is 0 Å². The molecule has 33 heavy (non-hydrogen) atoms. The van der Waals surface area contributed by atoms with Crippen LogP contribution in [0.5, 0.6) is 0 Å². The van der Waals surface area contributed by atoms with Gasteiger partial charge >= 0.3 is 0 Å². The minimum Gasteiger partial charge on any atom is -0.178 e. The summed E-state index contributed by atoms with van der Waals surface area (Å²) >= 11 is 16.6. The smallest absolute Gasteiger partial charge is 0.129 e. The molecule has 0 unspecified atom stereocenters. The maximum absolute atomic E-state index is 9.01. The normalized spacial score (nSPS) is 16.9. The Bertz CT molecular complexity index is 646. The van der Waals surface area contributed by atoms with E-state index in [2.05, 4.69) is 135 Å². The quantitative estimate of drug-likeness (QED) is 0.161. The lowest BCUT2D eigenvalue weighted by molar-refractivity contribution is 0.722. The van der Waals surface area contributed by atoms with Crippen molar-refractivity contribution in [3.63, 3.8) is 0 Å². The van der Waals surface area contributed by atoms with Crippen LogP contribution in [0.2, 0.25) is 72.5 Å². The Kier molecular flexibility index (Phi) is 9.79. The average molecular weight is 602 g/mol. The summed E-state index contributed by atoms with van der Waals surface area (Å²) in [5, 5.41) is 1.13. The van der Waals surface area contributed by atoms with Crippen molar-refractivity contribution in [2.24, 2.45) is 0 Å². The molecular formula is C25H62Cl2Si6. The third-order valence-corrected chi connectivity index (χ3v) is 160. The van der Waals surface area contributed by atoms with Crippen LogP contribution in [0.1, 0.15) is 83.1 Å². The van der Waals surface area contributed by atoms with E-state index in [9.17, 15) is 0 Å². The standard InChI is InChI=1S/C25H62Cl2Si6/c1-22(2,3)28(13,14)32(21-26,29(15,16)23(4,5)6)33(27,30(17,18)24(7,8)9)31(19,20)25(10,11)12/h21H2,1-20H3. The summed E-state index contributed by atoms with van der Waals surface area (Å²) in [7, 11) is -7.60. The van der Waals surface area contributed by atoms with Gasteiger partial charge in [-0.3, -0.25) is 0 Å². The van der Waals surface area contributed by atoms with E-state index in [1.165, 1.54) is 0 Å². The van der Waals surface area contributed by atoms with E-state index >= 15 is 0 Å². The molecule has 0 bridgehead atoms. The number of alkyl halides is 1. The molecule has 0 nitrogen and oxygen atoms in total. The zero-order valence-corrected chi connectivity index (χ0v) is 34.0. The first-order chi connectivity index (χ1) is 13.8. The van der Waals surface area contributed by atoms with Gasteiger partial charge in [0.05, 0.1) is 21.8 Å². The van der Waals surface area contributed by atoms with Crippen molar-refractivity contribution in [1.29, 1.82) is 0 Å². The predicted octanol–water partition coefficient (Wildman–Crippen LogP) is 10.8. The highest BCUT2D eigenvalue weighted by Crippen LogP contribution is 2.64. The number of rotatable bonds is 6. The van der Waals surface area contributed by atoms with Crippen LogP contribution in [0.15, 0.2) is 0 Å². The molecule has 0 rings (SSSR count). The van der Waals surface area contributed by atoms with Gasteiger partial charge in [0.15, 0.2) is 0 Å². The SMILES string of the molecule is CC(C)(C)[Si](C)(C)[Si](Cl)([Si](C)(C)C(C)(C)C)[Si](CCl)([Si](C)(C)C(C)(C)C)[Si](C)(C)C(C)(C)C. The fourth-order valence-corrected chi connectivity index (χ4v) is 244. The van der Waals surface area contributed by atoms with Crippen LogP contribution < -0.4 is 0 Å². The first kappa shape index (κ1) is 34.9. The Labute approximate surface area is 225 Å². The predicted molar refractivity (Wildman–Crippen MR) is 177 cm³/mol. The fraction of sp³-hybridized carbons (Fsp3) is 1.00. The number of halogens is 2. The summed E-state index contributed by atoms with van der Waals surface area (Å²) in [6.07, 6.45) is 0. The number of hydrogen-bond donors (Lipinski definition) is 0. The Morgan fingerprint density at radius 2 is 0.606 bits per heavy atom. The Hall–Kier alpha value is 1.88.